The molecular weight excluding hydrogens is 150 g/mol. The van der Waals surface area contributed by atoms with Gasteiger partial charge >= 0.3 is 0 Å². The molecule has 0 aliphatic rings. The Morgan fingerprint density at radius 3 is 2.27 bits per heavy atom. The van der Waals surface area contributed by atoms with Gasteiger partial charge < -0.3 is 0 Å². The summed E-state index contributed by atoms with van der Waals surface area (Å²) < 4.78 is 23.6. The molecule has 0 saturated carbocycles. The van der Waals surface area contributed by atoms with Crippen LogP contribution >= 0.6 is 0 Å². The number of nitriles is 1. The first-order valence-electron chi connectivity index (χ1n) is 3.47. The summed E-state index contributed by atoms with van der Waals surface area (Å²) in [4.78, 5) is 1.44. The van der Waals surface area contributed by atoms with Crippen LogP contribution in [0.25, 0.3) is 0 Å². The Balaban J connectivity index is 3.81. The van der Waals surface area contributed by atoms with Crippen LogP contribution in [0.2, 0.25) is 0 Å². The third-order valence-corrected chi connectivity index (χ3v) is 1.38. The van der Waals surface area contributed by atoms with Crippen molar-refractivity contribution in [1.82, 2.24) is 4.90 Å². The van der Waals surface area contributed by atoms with E-state index in [0.717, 1.165) is 0 Å². The third-order valence-electron chi connectivity index (χ3n) is 1.38. The topological polar surface area (TPSA) is 27.0 Å². The molecule has 2 nitrogen and oxygen atoms in total. The van der Waals surface area contributed by atoms with Crippen molar-refractivity contribution in [1.29, 1.82) is 5.26 Å². The molecule has 0 aromatic carbocycles. The summed E-state index contributed by atoms with van der Waals surface area (Å²) in [6, 6.07) is 1.85. The number of alkyl halides is 2. The van der Waals surface area contributed by atoms with Gasteiger partial charge in [-0.2, -0.15) is 5.26 Å². The van der Waals surface area contributed by atoms with Crippen molar-refractivity contribution in [2.45, 2.75) is 26.3 Å². The fourth-order valence-electron chi connectivity index (χ4n) is 0.726. The van der Waals surface area contributed by atoms with Gasteiger partial charge in [-0.05, 0) is 13.8 Å². The first-order valence-corrected chi connectivity index (χ1v) is 3.47. The van der Waals surface area contributed by atoms with Gasteiger partial charge in [0.2, 0.25) is 0 Å². The van der Waals surface area contributed by atoms with E-state index in [1.165, 1.54) is 4.90 Å². The zero-order chi connectivity index (χ0) is 8.85. The molecule has 0 aromatic rings. The Labute approximate surface area is 65.4 Å². The van der Waals surface area contributed by atoms with Gasteiger partial charge in [-0.15, -0.1) is 0 Å². The van der Waals surface area contributed by atoms with Crippen molar-refractivity contribution >= 4 is 0 Å². The summed E-state index contributed by atoms with van der Waals surface area (Å²) in [6.45, 7) is 3.34. The molecule has 11 heavy (non-hydrogen) atoms. The number of hydrogen-bond acceptors (Lipinski definition) is 2. The largest absolute Gasteiger partial charge is 0.282 e. The van der Waals surface area contributed by atoms with Gasteiger partial charge in [0.05, 0.1) is 19.2 Å². The standard InChI is InChI=1S/C7H12F2N2/c1-6(2)11(4-3-10)5-7(8)9/h6-7H,4-5H2,1-2H3. The van der Waals surface area contributed by atoms with E-state index >= 15 is 0 Å². The monoisotopic (exact) mass is 162 g/mol. The number of nitrogens with zero attached hydrogens (tertiary/aromatic N) is 2. The van der Waals surface area contributed by atoms with Crippen LogP contribution in [-0.4, -0.2) is 30.5 Å². The van der Waals surface area contributed by atoms with Crippen LogP contribution in [0.5, 0.6) is 0 Å². The minimum atomic E-state index is -2.36. The summed E-state index contributed by atoms with van der Waals surface area (Å²) in [5.41, 5.74) is 0. The van der Waals surface area contributed by atoms with Gasteiger partial charge in [-0.25, -0.2) is 8.78 Å². The summed E-state index contributed by atoms with van der Waals surface area (Å²) >= 11 is 0. The molecule has 64 valence electrons. The summed E-state index contributed by atoms with van der Waals surface area (Å²) in [7, 11) is 0. The Kier molecular flexibility index (Phi) is 4.71. The molecule has 0 N–H and O–H groups in total. The number of halogens is 2. The first-order chi connectivity index (χ1) is 5.07. The van der Waals surface area contributed by atoms with Crippen LogP contribution in [0, 0.1) is 11.3 Å². The van der Waals surface area contributed by atoms with E-state index in [1.807, 2.05) is 6.07 Å². The van der Waals surface area contributed by atoms with Crippen LogP contribution in [0.3, 0.4) is 0 Å². The SMILES string of the molecule is CC(C)N(CC#N)CC(F)F. The van der Waals surface area contributed by atoms with Crippen molar-refractivity contribution in [3.8, 4) is 6.07 Å². The quantitative estimate of drug-likeness (QED) is 0.585. The van der Waals surface area contributed by atoms with E-state index in [4.69, 9.17) is 5.26 Å². The van der Waals surface area contributed by atoms with Crippen molar-refractivity contribution in [2.75, 3.05) is 13.1 Å². The maximum absolute atomic E-state index is 11.8. The molecule has 0 amide bonds. The van der Waals surface area contributed by atoms with Gasteiger partial charge in [0, 0.05) is 6.04 Å². The van der Waals surface area contributed by atoms with Crippen molar-refractivity contribution < 1.29 is 8.78 Å². The second-order valence-electron chi connectivity index (χ2n) is 2.57. The number of rotatable bonds is 4. The van der Waals surface area contributed by atoms with E-state index in [-0.39, 0.29) is 19.1 Å². The lowest BCUT2D eigenvalue weighted by molar-refractivity contribution is 0.0807. The molecule has 0 spiro atoms. The van der Waals surface area contributed by atoms with Gasteiger partial charge in [0.25, 0.3) is 6.43 Å². The highest BCUT2D eigenvalue weighted by molar-refractivity contribution is 4.78. The normalized spacial score (nSPS) is 11.1. The lowest BCUT2D eigenvalue weighted by atomic mass is 10.3. The molecule has 0 aliphatic heterocycles. The highest BCUT2D eigenvalue weighted by Gasteiger charge is 2.13. The fraction of sp³-hybridized carbons (Fsp3) is 0.857. The molecule has 0 unspecified atom stereocenters. The molecular formula is C7H12F2N2. The molecule has 0 heterocycles. The molecule has 0 rings (SSSR count). The van der Waals surface area contributed by atoms with Crippen LogP contribution in [0.1, 0.15) is 13.8 Å². The van der Waals surface area contributed by atoms with E-state index < -0.39 is 6.43 Å². The molecule has 0 aromatic heterocycles. The van der Waals surface area contributed by atoms with Crippen LogP contribution < -0.4 is 0 Å². The fourth-order valence-corrected chi connectivity index (χ4v) is 0.726. The maximum atomic E-state index is 11.8. The van der Waals surface area contributed by atoms with Gasteiger partial charge in [-0.1, -0.05) is 0 Å². The molecule has 0 fully saturated rings. The van der Waals surface area contributed by atoms with Crippen LogP contribution in [0.4, 0.5) is 8.78 Å². The average molecular weight is 162 g/mol. The Bertz CT molecular complexity index is 140. The highest BCUT2D eigenvalue weighted by atomic mass is 19.3. The smallest absolute Gasteiger partial charge is 0.251 e. The molecule has 0 bridgehead atoms. The predicted octanol–water partition coefficient (Wildman–Crippen LogP) is 1.49. The Morgan fingerprint density at radius 2 is 2.00 bits per heavy atom. The van der Waals surface area contributed by atoms with E-state index in [2.05, 4.69) is 0 Å². The molecule has 0 saturated heterocycles. The summed E-state index contributed by atoms with van der Waals surface area (Å²) in [6.07, 6.45) is -2.36. The molecule has 4 heteroatoms. The molecule has 0 atom stereocenters. The third kappa shape index (κ3) is 4.68. The minimum absolute atomic E-state index is 0.00338. The summed E-state index contributed by atoms with van der Waals surface area (Å²) in [5.74, 6) is 0. The predicted molar refractivity (Wildman–Crippen MR) is 38.3 cm³/mol. The first kappa shape index (κ1) is 10.3. The number of hydrogen-bond donors (Lipinski definition) is 0. The second kappa shape index (κ2) is 5.03. The van der Waals surface area contributed by atoms with E-state index in [0.29, 0.717) is 0 Å². The van der Waals surface area contributed by atoms with Gasteiger partial charge in [0.15, 0.2) is 0 Å². The lowest BCUT2D eigenvalue weighted by Crippen LogP contribution is -2.35. The van der Waals surface area contributed by atoms with Crippen molar-refractivity contribution in [3.05, 3.63) is 0 Å². The maximum Gasteiger partial charge on any atom is 0.251 e. The van der Waals surface area contributed by atoms with Gasteiger partial charge in [0.1, 0.15) is 0 Å². The van der Waals surface area contributed by atoms with Crippen LogP contribution in [0.15, 0.2) is 0 Å². The van der Waals surface area contributed by atoms with Gasteiger partial charge in [-0.3, -0.25) is 4.90 Å². The second-order valence-corrected chi connectivity index (χ2v) is 2.57. The zero-order valence-electron chi connectivity index (χ0n) is 6.72. The highest BCUT2D eigenvalue weighted by Crippen LogP contribution is 2.02. The Morgan fingerprint density at radius 1 is 1.45 bits per heavy atom. The zero-order valence-corrected chi connectivity index (χ0v) is 6.72. The van der Waals surface area contributed by atoms with E-state index in [1.54, 1.807) is 13.8 Å². The average Bonchev–Trinajstić information content (AvgIpc) is 1.86. The van der Waals surface area contributed by atoms with Crippen molar-refractivity contribution in [2.24, 2.45) is 0 Å². The lowest BCUT2D eigenvalue weighted by Gasteiger charge is -2.22. The van der Waals surface area contributed by atoms with E-state index in [9.17, 15) is 8.78 Å². The molecule has 0 radical (unpaired) electrons. The van der Waals surface area contributed by atoms with Crippen molar-refractivity contribution in [3.63, 3.8) is 0 Å². The molecule has 0 aliphatic carbocycles. The summed E-state index contributed by atoms with van der Waals surface area (Å²) in [5, 5.41) is 8.26. The van der Waals surface area contributed by atoms with Crippen LogP contribution in [-0.2, 0) is 0 Å². The Hall–Kier alpha value is -0.690. The minimum Gasteiger partial charge on any atom is -0.282 e.